The van der Waals surface area contributed by atoms with E-state index in [1.807, 2.05) is 13.8 Å². The first-order valence-electron chi connectivity index (χ1n) is 28.9. The summed E-state index contributed by atoms with van der Waals surface area (Å²) in [6, 6.07) is -4.19. The van der Waals surface area contributed by atoms with Gasteiger partial charge in [0.25, 0.3) is 0 Å². The highest BCUT2D eigenvalue weighted by molar-refractivity contribution is 5.87. The Morgan fingerprint density at radius 2 is 0.704 bits per heavy atom. The van der Waals surface area contributed by atoms with Crippen molar-refractivity contribution in [2.75, 3.05) is 72.5 Å². The number of hydrogen-bond acceptors (Lipinski definition) is 16. The molecule has 0 saturated carbocycles. The molecule has 11 N–H and O–H groups in total. The number of ether oxygens (including phenoxy) is 4. The summed E-state index contributed by atoms with van der Waals surface area (Å²) in [6.07, 6.45) is 15.8. The topological polar surface area (TPSA) is 390 Å². The number of carbonyl (C=O) groups is 11. The first-order valence-corrected chi connectivity index (χ1v) is 28.9. The van der Waals surface area contributed by atoms with Crippen LogP contribution in [0.25, 0.3) is 0 Å². The van der Waals surface area contributed by atoms with E-state index in [2.05, 4.69) is 37.2 Å². The minimum absolute atomic E-state index is 0.0315. The lowest BCUT2D eigenvalue weighted by molar-refractivity contribution is -0.144. The van der Waals surface area contributed by atoms with Crippen molar-refractivity contribution in [1.82, 2.24) is 37.2 Å². The number of rotatable bonds is 56. The lowest BCUT2D eigenvalue weighted by Crippen LogP contribution is -2.45. The minimum atomic E-state index is -1.48. The Hall–Kier alpha value is -5.83. The summed E-state index contributed by atoms with van der Waals surface area (Å²) in [6.45, 7) is 5.74. The monoisotopic (exact) mass is 1160 g/mol. The Bertz CT molecular complexity index is 1840. The van der Waals surface area contributed by atoms with Crippen molar-refractivity contribution in [2.45, 2.75) is 212 Å². The Morgan fingerprint density at radius 1 is 0.346 bits per heavy atom. The Balaban J connectivity index is 3.99. The van der Waals surface area contributed by atoms with Crippen LogP contribution in [0.2, 0.25) is 0 Å². The van der Waals surface area contributed by atoms with Gasteiger partial charge in [-0.25, -0.2) is 14.4 Å². The van der Waals surface area contributed by atoms with Crippen molar-refractivity contribution in [3.63, 3.8) is 0 Å². The molecule has 466 valence electrons. The lowest BCUT2D eigenvalue weighted by atomic mass is 10.0. The molecule has 0 radical (unpaired) electrons. The number of carboxylic acids is 4. The summed E-state index contributed by atoms with van der Waals surface area (Å²) in [4.78, 5) is 131. The molecule has 0 bridgehead atoms. The molecule has 0 fully saturated rings. The van der Waals surface area contributed by atoms with Gasteiger partial charge in [0, 0.05) is 57.8 Å². The fourth-order valence-electron chi connectivity index (χ4n) is 8.08. The average Bonchev–Trinajstić information content (AvgIpc) is 3.40. The Kier molecular flexibility index (Phi) is 46.3. The molecule has 0 heterocycles. The average molecular weight is 1160 g/mol. The number of hydrogen-bond donors (Lipinski definition) is 11. The van der Waals surface area contributed by atoms with Crippen LogP contribution in [0.5, 0.6) is 0 Å². The van der Waals surface area contributed by atoms with Crippen molar-refractivity contribution in [3.05, 3.63) is 0 Å². The van der Waals surface area contributed by atoms with Crippen molar-refractivity contribution in [1.29, 1.82) is 0 Å². The zero-order valence-electron chi connectivity index (χ0n) is 48.3. The normalized spacial score (nSPS) is 12.6. The molecule has 0 aromatic carbocycles. The molecule has 26 nitrogen and oxygen atoms in total. The SMILES string of the molecule is CC(=O)[C@H](CCCCNC(=O)CC[C@H](NC(=O)CCC(NC(=O)COCCOCCNC(=O)COCCOCCNC(=O)CC[C@H](NC(=O)CCCCCCCCCCCCCCCCC(=O)O)C(=O)O)C(=O)O)C(=O)O)NC(C)C. The van der Waals surface area contributed by atoms with Crippen LogP contribution in [0.1, 0.15) is 181 Å². The van der Waals surface area contributed by atoms with Gasteiger partial charge >= 0.3 is 23.9 Å². The molecule has 0 rings (SSSR count). The number of carbonyl (C=O) groups excluding carboxylic acids is 7. The van der Waals surface area contributed by atoms with Gasteiger partial charge in [-0.3, -0.25) is 38.4 Å². The number of ketones is 1. The summed E-state index contributed by atoms with van der Waals surface area (Å²) in [5.74, 6) is -7.87. The number of Topliss-reactive ketones (excluding diaryl/α,β-unsaturated/α-hetero) is 1. The maximum absolute atomic E-state index is 12.5. The third kappa shape index (κ3) is 47.5. The van der Waals surface area contributed by atoms with Gasteiger partial charge in [0.2, 0.25) is 35.4 Å². The van der Waals surface area contributed by atoms with Crippen molar-refractivity contribution < 1.29 is 92.1 Å². The van der Waals surface area contributed by atoms with Crippen LogP contribution < -0.4 is 37.2 Å². The zero-order chi connectivity index (χ0) is 60.5. The van der Waals surface area contributed by atoms with Crippen LogP contribution in [0, 0.1) is 0 Å². The fourth-order valence-corrected chi connectivity index (χ4v) is 8.08. The second-order valence-electron chi connectivity index (χ2n) is 20.2. The van der Waals surface area contributed by atoms with Gasteiger partial charge < -0.3 is 76.6 Å². The van der Waals surface area contributed by atoms with Crippen molar-refractivity contribution >= 4 is 65.1 Å². The maximum atomic E-state index is 12.5. The summed E-state index contributed by atoms with van der Waals surface area (Å²) < 4.78 is 21.2. The van der Waals surface area contributed by atoms with Gasteiger partial charge in [-0.1, -0.05) is 90.9 Å². The number of unbranched alkanes of at least 4 members (excludes halogenated alkanes) is 14. The molecule has 0 saturated heterocycles. The van der Waals surface area contributed by atoms with Crippen LogP contribution in [0.3, 0.4) is 0 Å². The first-order chi connectivity index (χ1) is 38.7. The van der Waals surface area contributed by atoms with Gasteiger partial charge in [-0.15, -0.1) is 0 Å². The zero-order valence-corrected chi connectivity index (χ0v) is 48.3. The van der Waals surface area contributed by atoms with E-state index in [-0.39, 0.29) is 128 Å². The third-order valence-electron chi connectivity index (χ3n) is 12.5. The molecule has 81 heavy (non-hydrogen) atoms. The van der Waals surface area contributed by atoms with Crippen LogP contribution in [0.4, 0.5) is 0 Å². The van der Waals surface area contributed by atoms with E-state index in [0.717, 1.165) is 51.4 Å². The van der Waals surface area contributed by atoms with E-state index < -0.39 is 84.6 Å². The molecule has 0 aromatic heterocycles. The van der Waals surface area contributed by atoms with E-state index in [9.17, 15) is 68.1 Å². The largest absolute Gasteiger partial charge is 0.481 e. The Morgan fingerprint density at radius 3 is 1.12 bits per heavy atom. The smallest absolute Gasteiger partial charge is 0.326 e. The van der Waals surface area contributed by atoms with Gasteiger partial charge in [-0.05, 0) is 58.3 Å². The van der Waals surface area contributed by atoms with E-state index >= 15 is 0 Å². The highest BCUT2D eigenvalue weighted by atomic mass is 16.5. The predicted octanol–water partition coefficient (Wildman–Crippen LogP) is 2.90. The second kappa shape index (κ2) is 49.9. The first kappa shape index (κ1) is 75.2. The van der Waals surface area contributed by atoms with Crippen LogP contribution in [-0.2, 0) is 71.7 Å². The standard InChI is InChI=1S/C55H97N7O19/c1-40(2)59-42(41(3)63)20-18-19-29-56-46(64)26-23-44(54(74)75)61-49(67)28-25-45(55(76)77)62-51(69)39-81-37-35-79-33-31-58-50(68)38-80-36-34-78-32-30-57-47(65)27-24-43(53(72)73)60-48(66)21-16-14-12-10-8-6-4-5-7-9-11-13-15-17-22-52(70)71/h40,42-45,59H,4-39H2,1-3H3,(H,56,64)(H,57,65)(H,58,68)(H,60,66)(H,61,67)(H,62,69)(H,70,71)(H,72,73)(H,74,75)(H,76,77)/t42-,43-,44-,45?/m0/s1. The summed E-state index contributed by atoms with van der Waals surface area (Å²) in [7, 11) is 0. The fraction of sp³-hybridized carbons (Fsp3) is 0.800. The molecule has 0 aliphatic heterocycles. The van der Waals surface area contributed by atoms with Gasteiger partial charge in [0.1, 0.15) is 37.1 Å². The van der Waals surface area contributed by atoms with E-state index in [1.54, 1.807) is 0 Å². The Labute approximate surface area is 477 Å². The molecule has 4 atom stereocenters. The van der Waals surface area contributed by atoms with Gasteiger partial charge in [-0.2, -0.15) is 0 Å². The van der Waals surface area contributed by atoms with Crippen LogP contribution in [-0.4, -0.2) is 188 Å². The quantitative estimate of drug-likeness (QED) is 0.0390. The second-order valence-corrected chi connectivity index (χ2v) is 20.2. The summed E-state index contributed by atoms with van der Waals surface area (Å²) >= 11 is 0. The molecule has 26 heteroatoms. The summed E-state index contributed by atoms with van der Waals surface area (Å²) in [5.41, 5.74) is 0. The van der Waals surface area contributed by atoms with Gasteiger partial charge in [0.15, 0.2) is 0 Å². The molecular weight excluding hydrogens is 1060 g/mol. The molecule has 6 amide bonds. The number of aliphatic carboxylic acids is 4. The molecule has 0 aliphatic rings. The number of amides is 6. The van der Waals surface area contributed by atoms with Crippen LogP contribution >= 0.6 is 0 Å². The summed E-state index contributed by atoms with van der Waals surface area (Å²) in [5, 5.41) is 55.5. The van der Waals surface area contributed by atoms with Gasteiger partial charge in [0.05, 0.1) is 45.7 Å². The highest BCUT2D eigenvalue weighted by Crippen LogP contribution is 2.14. The third-order valence-corrected chi connectivity index (χ3v) is 12.5. The van der Waals surface area contributed by atoms with Crippen molar-refractivity contribution in [3.8, 4) is 0 Å². The lowest BCUT2D eigenvalue weighted by Gasteiger charge is -2.18. The molecule has 0 spiro atoms. The van der Waals surface area contributed by atoms with E-state index in [1.165, 1.54) is 39.0 Å². The molecule has 0 aromatic rings. The highest BCUT2D eigenvalue weighted by Gasteiger charge is 2.25. The van der Waals surface area contributed by atoms with Crippen molar-refractivity contribution in [2.24, 2.45) is 0 Å². The van der Waals surface area contributed by atoms with E-state index in [4.69, 9.17) is 24.1 Å². The molecular formula is C55H97N7O19. The molecule has 0 aliphatic carbocycles. The minimum Gasteiger partial charge on any atom is -0.481 e. The molecule has 1 unspecified atom stereocenters. The van der Waals surface area contributed by atoms with Crippen LogP contribution in [0.15, 0.2) is 0 Å². The maximum Gasteiger partial charge on any atom is 0.326 e. The van der Waals surface area contributed by atoms with E-state index in [0.29, 0.717) is 32.2 Å². The predicted molar refractivity (Wildman–Crippen MR) is 297 cm³/mol. The number of nitrogens with one attached hydrogen (secondary N) is 7. The number of carboxylic acid groups (broad SMARTS) is 4.